The van der Waals surface area contributed by atoms with Crippen LogP contribution in [-0.2, 0) is 0 Å². The normalized spacial score (nSPS) is 11.7. The Morgan fingerprint density at radius 2 is 2.04 bits per heavy atom. The van der Waals surface area contributed by atoms with E-state index in [1.54, 1.807) is 13.0 Å². The first kappa shape index (κ1) is 18.9. The van der Waals surface area contributed by atoms with Crippen LogP contribution in [0.25, 0.3) is 11.4 Å². The van der Waals surface area contributed by atoms with Gasteiger partial charge in [-0.3, -0.25) is 10.1 Å². The Balaban J connectivity index is 1.68. The van der Waals surface area contributed by atoms with Gasteiger partial charge in [0.05, 0.1) is 10.6 Å². The number of nitro groups is 1. The third-order valence-corrected chi connectivity index (χ3v) is 3.65. The van der Waals surface area contributed by atoms with Crippen LogP contribution in [0.15, 0.2) is 47.0 Å². The zero-order valence-electron chi connectivity index (χ0n) is 14.3. The number of anilines is 1. The molecule has 2 N–H and O–H groups in total. The summed E-state index contributed by atoms with van der Waals surface area (Å²) in [6.07, 6.45) is 0. The number of carbonyl (C=O) groups is 1. The number of non-ortho nitro benzene ring substituents is 1. The molecule has 3 rings (SSSR count). The monoisotopic (exact) mass is 389 g/mol. The number of halogens is 2. The van der Waals surface area contributed by atoms with E-state index in [0.29, 0.717) is 11.6 Å². The lowest BCUT2D eigenvalue weighted by molar-refractivity contribution is -0.384. The van der Waals surface area contributed by atoms with E-state index in [2.05, 4.69) is 20.8 Å². The number of urea groups is 1. The molecule has 0 saturated heterocycles. The van der Waals surface area contributed by atoms with Gasteiger partial charge in [0.2, 0.25) is 11.7 Å². The summed E-state index contributed by atoms with van der Waals surface area (Å²) in [6.45, 7) is 1.55. The molecule has 2 amide bonds. The highest BCUT2D eigenvalue weighted by atomic mass is 19.1. The molecule has 144 valence electrons. The summed E-state index contributed by atoms with van der Waals surface area (Å²) in [6, 6.07) is 6.89. The van der Waals surface area contributed by atoms with Crippen molar-refractivity contribution in [3.05, 3.63) is 70.1 Å². The summed E-state index contributed by atoms with van der Waals surface area (Å²) < 4.78 is 31.5. The van der Waals surface area contributed by atoms with Crippen LogP contribution in [0, 0.1) is 21.7 Å². The van der Waals surface area contributed by atoms with Crippen LogP contribution in [0.4, 0.5) is 25.0 Å². The highest BCUT2D eigenvalue weighted by molar-refractivity contribution is 5.89. The molecular weight excluding hydrogens is 376 g/mol. The van der Waals surface area contributed by atoms with Gasteiger partial charge in [-0.2, -0.15) is 4.98 Å². The fourth-order valence-electron chi connectivity index (χ4n) is 2.29. The van der Waals surface area contributed by atoms with E-state index in [9.17, 15) is 23.7 Å². The minimum atomic E-state index is -0.923. The molecule has 1 atom stereocenters. The zero-order valence-corrected chi connectivity index (χ0v) is 14.3. The van der Waals surface area contributed by atoms with Gasteiger partial charge in [-0.05, 0) is 19.1 Å². The van der Waals surface area contributed by atoms with E-state index in [1.165, 1.54) is 18.2 Å². The van der Waals surface area contributed by atoms with Crippen molar-refractivity contribution in [1.29, 1.82) is 0 Å². The number of rotatable bonds is 5. The van der Waals surface area contributed by atoms with Gasteiger partial charge in [0, 0.05) is 23.8 Å². The number of aromatic nitrogens is 2. The number of hydrogen-bond donors (Lipinski definition) is 2. The molecule has 11 heteroatoms. The quantitative estimate of drug-likeness (QED) is 0.505. The van der Waals surface area contributed by atoms with E-state index in [-0.39, 0.29) is 23.1 Å². The molecule has 2 aromatic carbocycles. The Hall–Kier alpha value is -3.89. The standard InChI is InChI=1S/C17H13F2N5O4/c1-9(20-17(25)21-14-6-5-11(18)8-13(14)19)16-22-15(23-28-16)10-3-2-4-12(7-10)24(26)27/h2-9H,1H3,(H2,20,21,25)/t9-/m0/s1. The summed E-state index contributed by atoms with van der Waals surface area (Å²) in [7, 11) is 0. The van der Waals surface area contributed by atoms with Gasteiger partial charge in [-0.15, -0.1) is 0 Å². The molecule has 28 heavy (non-hydrogen) atoms. The number of nitrogens with one attached hydrogen (secondary N) is 2. The van der Waals surface area contributed by atoms with Crippen molar-refractivity contribution in [2.45, 2.75) is 13.0 Å². The molecule has 0 bridgehead atoms. The Kier molecular flexibility index (Phi) is 5.25. The van der Waals surface area contributed by atoms with Crippen molar-refractivity contribution in [2.75, 3.05) is 5.32 Å². The summed E-state index contributed by atoms with van der Waals surface area (Å²) in [4.78, 5) is 26.4. The molecule has 3 aromatic rings. The topological polar surface area (TPSA) is 123 Å². The molecule has 0 radical (unpaired) electrons. The van der Waals surface area contributed by atoms with Crippen molar-refractivity contribution < 1.29 is 23.0 Å². The molecule has 0 fully saturated rings. The van der Waals surface area contributed by atoms with Crippen LogP contribution >= 0.6 is 0 Å². The number of nitro benzene ring substituents is 1. The molecule has 0 aliphatic rings. The first-order chi connectivity index (χ1) is 13.3. The number of nitrogens with zero attached hydrogens (tertiary/aromatic N) is 3. The minimum absolute atomic E-state index is 0.0382. The van der Waals surface area contributed by atoms with Crippen LogP contribution < -0.4 is 10.6 Å². The molecular formula is C17H13F2N5O4. The molecule has 9 nitrogen and oxygen atoms in total. The Labute approximate surface area is 156 Å². The van der Waals surface area contributed by atoms with Crippen molar-refractivity contribution in [1.82, 2.24) is 15.5 Å². The fraction of sp³-hybridized carbons (Fsp3) is 0.118. The molecule has 1 aromatic heterocycles. The van der Waals surface area contributed by atoms with Gasteiger partial charge >= 0.3 is 6.03 Å². The highest BCUT2D eigenvalue weighted by Crippen LogP contribution is 2.23. The van der Waals surface area contributed by atoms with E-state index in [1.807, 2.05) is 0 Å². The van der Waals surface area contributed by atoms with Gasteiger partial charge in [0.1, 0.15) is 17.7 Å². The van der Waals surface area contributed by atoms with Crippen LogP contribution in [0.5, 0.6) is 0 Å². The SMILES string of the molecule is C[C@H](NC(=O)Nc1ccc(F)cc1F)c1nc(-c2cccc([N+](=O)[O-])c2)no1. The van der Waals surface area contributed by atoms with Gasteiger partial charge < -0.3 is 15.2 Å². The Bertz CT molecular complexity index is 1040. The van der Waals surface area contributed by atoms with Crippen LogP contribution in [-0.4, -0.2) is 21.1 Å². The van der Waals surface area contributed by atoms with E-state index in [0.717, 1.165) is 12.1 Å². The first-order valence-corrected chi connectivity index (χ1v) is 7.94. The lowest BCUT2D eigenvalue weighted by atomic mass is 10.2. The van der Waals surface area contributed by atoms with Gasteiger partial charge in [0.15, 0.2) is 0 Å². The predicted molar refractivity (Wildman–Crippen MR) is 93.3 cm³/mol. The summed E-state index contributed by atoms with van der Waals surface area (Å²) >= 11 is 0. The number of amides is 2. The zero-order chi connectivity index (χ0) is 20.3. The van der Waals surface area contributed by atoms with Crippen LogP contribution in [0.1, 0.15) is 18.9 Å². The summed E-state index contributed by atoms with van der Waals surface area (Å²) in [5, 5.41) is 19.3. The maximum absolute atomic E-state index is 13.6. The first-order valence-electron chi connectivity index (χ1n) is 7.94. The summed E-state index contributed by atoms with van der Waals surface area (Å²) in [5.41, 5.74) is 0.0406. The number of hydrogen-bond acceptors (Lipinski definition) is 6. The van der Waals surface area contributed by atoms with Crippen molar-refractivity contribution >= 4 is 17.4 Å². The second-order valence-corrected chi connectivity index (χ2v) is 5.71. The van der Waals surface area contributed by atoms with Gasteiger partial charge in [-0.25, -0.2) is 13.6 Å². The molecule has 0 unspecified atom stereocenters. The highest BCUT2D eigenvalue weighted by Gasteiger charge is 2.19. The smallest absolute Gasteiger partial charge is 0.319 e. The van der Waals surface area contributed by atoms with Gasteiger partial charge in [0.25, 0.3) is 5.69 Å². The van der Waals surface area contributed by atoms with E-state index in [4.69, 9.17) is 4.52 Å². The third kappa shape index (κ3) is 4.26. The van der Waals surface area contributed by atoms with Gasteiger partial charge in [-0.1, -0.05) is 17.3 Å². The lowest BCUT2D eigenvalue weighted by Crippen LogP contribution is -2.31. The van der Waals surface area contributed by atoms with Crippen LogP contribution in [0.2, 0.25) is 0 Å². The maximum Gasteiger partial charge on any atom is 0.319 e. The second-order valence-electron chi connectivity index (χ2n) is 5.71. The van der Waals surface area contributed by atoms with E-state index >= 15 is 0 Å². The molecule has 0 aliphatic heterocycles. The average molecular weight is 389 g/mol. The fourth-order valence-corrected chi connectivity index (χ4v) is 2.29. The van der Waals surface area contributed by atoms with E-state index < -0.39 is 28.6 Å². The number of carbonyl (C=O) groups excluding carboxylic acids is 1. The Morgan fingerprint density at radius 1 is 1.25 bits per heavy atom. The van der Waals surface area contributed by atoms with Crippen molar-refractivity contribution in [3.63, 3.8) is 0 Å². The third-order valence-electron chi connectivity index (χ3n) is 3.65. The largest absolute Gasteiger partial charge is 0.337 e. The van der Waals surface area contributed by atoms with Crippen LogP contribution in [0.3, 0.4) is 0 Å². The summed E-state index contributed by atoms with van der Waals surface area (Å²) in [5.74, 6) is -1.54. The lowest BCUT2D eigenvalue weighted by Gasteiger charge is -2.11. The van der Waals surface area contributed by atoms with Crippen molar-refractivity contribution in [3.8, 4) is 11.4 Å². The molecule has 0 saturated carbocycles. The van der Waals surface area contributed by atoms with Crippen molar-refractivity contribution in [2.24, 2.45) is 0 Å². The average Bonchev–Trinajstić information content (AvgIpc) is 3.14. The predicted octanol–water partition coefficient (Wildman–Crippen LogP) is 3.81. The Morgan fingerprint density at radius 3 is 2.75 bits per heavy atom. The second kappa shape index (κ2) is 7.78. The minimum Gasteiger partial charge on any atom is -0.337 e. The maximum atomic E-state index is 13.6. The molecule has 0 aliphatic carbocycles. The molecule has 1 heterocycles. The number of benzene rings is 2. The molecule has 0 spiro atoms.